The summed E-state index contributed by atoms with van der Waals surface area (Å²) in [6, 6.07) is 17.0. The van der Waals surface area contributed by atoms with Gasteiger partial charge in [-0.2, -0.15) is 0 Å². The standard InChI is InChI=1S/C22H22N4O2/c1-15-6-3-4-7-17(15)13-24-22(28)18-10-21(14-23-12-18)26-20-9-5-8-19(11-20)25-16(2)27/h3-12,14,26H,13H2,1-2H3,(H,24,28)(H,25,27). The van der Waals surface area contributed by atoms with Gasteiger partial charge in [0.15, 0.2) is 0 Å². The lowest BCUT2D eigenvalue weighted by molar-refractivity contribution is -0.114. The molecule has 0 saturated heterocycles. The van der Waals surface area contributed by atoms with Crippen LogP contribution in [0.1, 0.15) is 28.4 Å². The van der Waals surface area contributed by atoms with Crippen molar-refractivity contribution in [2.45, 2.75) is 20.4 Å². The monoisotopic (exact) mass is 374 g/mol. The summed E-state index contributed by atoms with van der Waals surface area (Å²) in [5, 5.41) is 8.86. The molecule has 1 heterocycles. The minimum absolute atomic E-state index is 0.133. The van der Waals surface area contributed by atoms with Gasteiger partial charge in [0.1, 0.15) is 0 Å². The van der Waals surface area contributed by atoms with Crippen molar-refractivity contribution in [2.75, 3.05) is 10.6 Å². The van der Waals surface area contributed by atoms with Crippen LogP contribution >= 0.6 is 0 Å². The maximum absolute atomic E-state index is 12.5. The Kier molecular flexibility index (Phi) is 6.01. The van der Waals surface area contributed by atoms with Crippen LogP contribution in [-0.4, -0.2) is 16.8 Å². The number of pyridine rings is 1. The lowest BCUT2D eigenvalue weighted by Crippen LogP contribution is -2.23. The molecule has 6 nitrogen and oxygen atoms in total. The molecule has 0 aliphatic carbocycles. The number of amides is 2. The second kappa shape index (κ2) is 8.81. The normalized spacial score (nSPS) is 10.2. The molecule has 0 spiro atoms. The predicted octanol–water partition coefficient (Wildman–Crippen LogP) is 4.02. The molecule has 3 aromatic rings. The Hall–Kier alpha value is -3.67. The Bertz CT molecular complexity index is 1000. The summed E-state index contributed by atoms with van der Waals surface area (Å²) in [6.45, 7) is 3.94. The van der Waals surface area contributed by atoms with Gasteiger partial charge in [-0.1, -0.05) is 30.3 Å². The maximum Gasteiger partial charge on any atom is 0.253 e. The Balaban J connectivity index is 1.67. The molecule has 0 radical (unpaired) electrons. The number of hydrogen-bond donors (Lipinski definition) is 3. The van der Waals surface area contributed by atoms with E-state index in [4.69, 9.17) is 0 Å². The van der Waals surface area contributed by atoms with Crippen molar-refractivity contribution in [3.8, 4) is 0 Å². The van der Waals surface area contributed by atoms with Crippen molar-refractivity contribution in [1.29, 1.82) is 0 Å². The molecule has 2 aromatic carbocycles. The molecule has 1 aromatic heterocycles. The Labute approximate surface area is 164 Å². The summed E-state index contributed by atoms with van der Waals surface area (Å²) in [5.41, 5.74) is 4.84. The van der Waals surface area contributed by atoms with E-state index >= 15 is 0 Å². The van der Waals surface area contributed by atoms with Crippen LogP contribution in [0.2, 0.25) is 0 Å². The van der Waals surface area contributed by atoms with Gasteiger partial charge in [0, 0.05) is 31.0 Å². The molecule has 28 heavy (non-hydrogen) atoms. The summed E-state index contributed by atoms with van der Waals surface area (Å²) < 4.78 is 0. The number of hydrogen-bond acceptors (Lipinski definition) is 4. The first-order valence-electron chi connectivity index (χ1n) is 8.94. The number of nitrogens with zero attached hydrogens (tertiary/aromatic N) is 1. The van der Waals surface area contributed by atoms with Gasteiger partial charge in [-0.15, -0.1) is 0 Å². The van der Waals surface area contributed by atoms with Gasteiger partial charge in [0.25, 0.3) is 5.91 Å². The van der Waals surface area contributed by atoms with Crippen LogP contribution in [0, 0.1) is 6.92 Å². The highest BCUT2D eigenvalue weighted by molar-refractivity contribution is 5.95. The molecule has 0 aliphatic heterocycles. The third-order valence-corrected chi connectivity index (χ3v) is 4.17. The number of carbonyl (C=O) groups is 2. The molecule has 0 saturated carbocycles. The summed E-state index contributed by atoms with van der Waals surface area (Å²) in [6.07, 6.45) is 3.18. The van der Waals surface area contributed by atoms with Gasteiger partial charge in [0.2, 0.25) is 5.91 Å². The average Bonchev–Trinajstić information content (AvgIpc) is 2.67. The number of aryl methyl sites for hydroxylation is 1. The van der Waals surface area contributed by atoms with E-state index in [2.05, 4.69) is 20.9 Å². The molecule has 2 amide bonds. The topological polar surface area (TPSA) is 83.1 Å². The Morgan fingerprint density at radius 1 is 0.929 bits per heavy atom. The molecule has 3 rings (SSSR count). The van der Waals surface area contributed by atoms with Crippen LogP contribution in [0.15, 0.2) is 67.0 Å². The van der Waals surface area contributed by atoms with Crippen LogP contribution in [0.4, 0.5) is 17.1 Å². The largest absolute Gasteiger partial charge is 0.354 e. The van der Waals surface area contributed by atoms with Crippen molar-refractivity contribution >= 4 is 28.9 Å². The van der Waals surface area contributed by atoms with E-state index in [0.29, 0.717) is 23.5 Å². The summed E-state index contributed by atoms with van der Waals surface area (Å²) in [4.78, 5) is 27.8. The highest BCUT2D eigenvalue weighted by atomic mass is 16.2. The third-order valence-electron chi connectivity index (χ3n) is 4.17. The first-order chi connectivity index (χ1) is 13.5. The van der Waals surface area contributed by atoms with E-state index in [9.17, 15) is 9.59 Å². The van der Waals surface area contributed by atoms with E-state index in [0.717, 1.165) is 16.8 Å². The first kappa shape index (κ1) is 19.1. The predicted molar refractivity (Wildman–Crippen MR) is 111 cm³/mol. The fraction of sp³-hybridized carbons (Fsp3) is 0.136. The SMILES string of the molecule is CC(=O)Nc1cccc(Nc2cncc(C(=O)NCc3ccccc3C)c2)c1. The summed E-state index contributed by atoms with van der Waals surface area (Å²) in [7, 11) is 0. The third kappa shape index (κ3) is 5.17. The molecule has 0 atom stereocenters. The second-order valence-corrected chi connectivity index (χ2v) is 6.46. The van der Waals surface area contributed by atoms with E-state index in [1.807, 2.05) is 49.4 Å². The Morgan fingerprint density at radius 3 is 2.50 bits per heavy atom. The minimum Gasteiger partial charge on any atom is -0.354 e. The van der Waals surface area contributed by atoms with Crippen LogP contribution in [0.25, 0.3) is 0 Å². The molecule has 0 fully saturated rings. The van der Waals surface area contributed by atoms with Crippen LogP contribution in [0.5, 0.6) is 0 Å². The molecular weight excluding hydrogens is 352 g/mol. The van der Waals surface area contributed by atoms with E-state index in [1.165, 1.54) is 13.1 Å². The van der Waals surface area contributed by atoms with Crippen molar-refractivity contribution in [1.82, 2.24) is 10.3 Å². The Morgan fingerprint density at radius 2 is 1.71 bits per heavy atom. The van der Waals surface area contributed by atoms with Crippen LogP contribution < -0.4 is 16.0 Å². The number of benzene rings is 2. The van der Waals surface area contributed by atoms with Gasteiger partial charge in [0.05, 0.1) is 17.4 Å². The number of carbonyl (C=O) groups excluding carboxylic acids is 2. The lowest BCUT2D eigenvalue weighted by atomic mass is 10.1. The molecule has 0 unspecified atom stereocenters. The second-order valence-electron chi connectivity index (χ2n) is 6.46. The number of anilines is 3. The van der Waals surface area contributed by atoms with Gasteiger partial charge in [-0.25, -0.2) is 0 Å². The van der Waals surface area contributed by atoms with E-state index in [1.54, 1.807) is 18.3 Å². The molecule has 0 aliphatic rings. The molecular formula is C22H22N4O2. The minimum atomic E-state index is -0.189. The van der Waals surface area contributed by atoms with Gasteiger partial charge in [-0.3, -0.25) is 14.6 Å². The zero-order valence-electron chi connectivity index (χ0n) is 15.8. The molecule has 3 N–H and O–H groups in total. The molecule has 0 bridgehead atoms. The van der Waals surface area contributed by atoms with Crippen molar-refractivity contribution in [3.63, 3.8) is 0 Å². The zero-order chi connectivity index (χ0) is 19.9. The smallest absolute Gasteiger partial charge is 0.253 e. The van der Waals surface area contributed by atoms with Crippen LogP contribution in [0.3, 0.4) is 0 Å². The van der Waals surface area contributed by atoms with Gasteiger partial charge in [-0.05, 0) is 42.3 Å². The first-order valence-corrected chi connectivity index (χ1v) is 8.94. The highest BCUT2D eigenvalue weighted by Gasteiger charge is 2.08. The van der Waals surface area contributed by atoms with Gasteiger partial charge >= 0.3 is 0 Å². The zero-order valence-corrected chi connectivity index (χ0v) is 15.8. The maximum atomic E-state index is 12.5. The fourth-order valence-electron chi connectivity index (χ4n) is 2.76. The van der Waals surface area contributed by atoms with Crippen molar-refractivity contribution in [2.24, 2.45) is 0 Å². The summed E-state index contributed by atoms with van der Waals surface area (Å²) >= 11 is 0. The number of nitrogens with one attached hydrogen (secondary N) is 3. The van der Waals surface area contributed by atoms with Crippen LogP contribution in [-0.2, 0) is 11.3 Å². The average molecular weight is 374 g/mol. The van der Waals surface area contributed by atoms with Crippen molar-refractivity contribution in [3.05, 3.63) is 83.7 Å². The number of aromatic nitrogens is 1. The van der Waals surface area contributed by atoms with E-state index < -0.39 is 0 Å². The van der Waals surface area contributed by atoms with Gasteiger partial charge < -0.3 is 16.0 Å². The number of rotatable bonds is 6. The summed E-state index contributed by atoms with van der Waals surface area (Å²) in [5.74, 6) is -0.322. The van der Waals surface area contributed by atoms with Crippen molar-refractivity contribution < 1.29 is 9.59 Å². The van der Waals surface area contributed by atoms with E-state index in [-0.39, 0.29) is 11.8 Å². The molecule has 142 valence electrons. The molecule has 6 heteroatoms. The fourth-order valence-corrected chi connectivity index (χ4v) is 2.76. The quantitative estimate of drug-likeness (QED) is 0.608. The highest BCUT2D eigenvalue weighted by Crippen LogP contribution is 2.20. The lowest BCUT2D eigenvalue weighted by Gasteiger charge is -2.11.